The number of phenolic OH excluding ortho intramolecular Hbond substituents is 1. The molecule has 3 N–H and O–H groups in total. The topological polar surface area (TPSA) is 93.1 Å². The number of para-hydroxylation sites is 1. The highest BCUT2D eigenvalue weighted by Gasteiger charge is 2.36. The van der Waals surface area contributed by atoms with Crippen LogP contribution in [0.15, 0.2) is 72.8 Å². The number of alkyl halides is 3. The molecule has 1 heterocycles. The van der Waals surface area contributed by atoms with Gasteiger partial charge in [0.05, 0.1) is 17.7 Å². The number of phenols is 1. The van der Waals surface area contributed by atoms with Gasteiger partial charge in [-0.3, -0.25) is 14.9 Å². The summed E-state index contributed by atoms with van der Waals surface area (Å²) in [6.07, 6.45) is -5.75. The van der Waals surface area contributed by atoms with Gasteiger partial charge in [-0.15, -0.1) is 0 Å². The van der Waals surface area contributed by atoms with Gasteiger partial charge in [0.2, 0.25) is 5.91 Å². The molecule has 37 heavy (non-hydrogen) atoms. The van der Waals surface area contributed by atoms with Gasteiger partial charge in [-0.1, -0.05) is 54.6 Å². The van der Waals surface area contributed by atoms with E-state index in [1.165, 1.54) is 21.9 Å². The fourth-order valence-corrected chi connectivity index (χ4v) is 4.22. The number of piperazine rings is 1. The van der Waals surface area contributed by atoms with Crippen LogP contribution in [0.1, 0.15) is 27.7 Å². The molecule has 1 fully saturated rings. The Labute approximate surface area is 211 Å². The molecule has 2 amide bonds. The monoisotopic (exact) mass is 513 g/mol. The number of nitrogens with one attached hydrogen (secondary N) is 1. The minimum atomic E-state index is -4.64. The van der Waals surface area contributed by atoms with Crippen molar-refractivity contribution in [2.24, 2.45) is 0 Å². The largest absolute Gasteiger partial charge is 0.507 e. The molecule has 1 saturated heterocycles. The number of aliphatic hydroxyl groups is 1. The van der Waals surface area contributed by atoms with Gasteiger partial charge in [0.25, 0.3) is 5.91 Å². The predicted octanol–water partition coefficient (Wildman–Crippen LogP) is 3.64. The molecule has 0 aliphatic carbocycles. The van der Waals surface area contributed by atoms with E-state index in [0.717, 1.165) is 17.7 Å². The maximum Gasteiger partial charge on any atom is 0.417 e. The number of aliphatic hydroxyl groups excluding tert-OH is 1. The molecule has 4 rings (SSSR count). The van der Waals surface area contributed by atoms with Gasteiger partial charge in [0.1, 0.15) is 12.0 Å². The smallest absolute Gasteiger partial charge is 0.417 e. The lowest BCUT2D eigenvalue weighted by molar-refractivity contribution is -0.138. The van der Waals surface area contributed by atoms with Crippen LogP contribution in [0.4, 0.5) is 13.2 Å². The third-order valence-corrected chi connectivity index (χ3v) is 6.27. The third-order valence-electron chi connectivity index (χ3n) is 6.27. The van der Waals surface area contributed by atoms with Crippen LogP contribution in [0.3, 0.4) is 0 Å². The lowest BCUT2D eigenvalue weighted by Gasteiger charge is -2.35. The highest BCUT2D eigenvalue weighted by atomic mass is 19.4. The number of carbonyl (C=O) groups is 2. The summed E-state index contributed by atoms with van der Waals surface area (Å²) in [5.74, 6) is -0.876. The van der Waals surface area contributed by atoms with Crippen molar-refractivity contribution in [2.75, 3.05) is 32.7 Å². The van der Waals surface area contributed by atoms with E-state index in [1.807, 2.05) is 6.07 Å². The standard InChI is InChI=1S/C27H26F3N3O4/c28-27(29,30)22-7-3-1-6-21(22)26(37)33-15-13-32(14-16-33)24(35)17-31-25(36)19-11-9-18(10-12-19)20-5-2-4-8-23(20)34/h1-12,25,31,34,36H,13-17H2. The SMILES string of the molecule is O=C(CNC(O)c1ccc(-c2ccccc2O)cc1)N1CCN(C(=O)c2ccccc2C(F)(F)F)CC1. The fourth-order valence-electron chi connectivity index (χ4n) is 4.22. The van der Waals surface area contributed by atoms with E-state index in [-0.39, 0.29) is 44.4 Å². The van der Waals surface area contributed by atoms with E-state index in [2.05, 4.69) is 5.32 Å². The highest BCUT2D eigenvalue weighted by Crippen LogP contribution is 2.32. The molecule has 3 aromatic carbocycles. The molecular formula is C27H26F3N3O4. The quantitative estimate of drug-likeness (QED) is 0.438. The number of carbonyl (C=O) groups excluding carboxylic acids is 2. The number of hydrogen-bond donors (Lipinski definition) is 3. The van der Waals surface area contributed by atoms with Crippen LogP contribution in [-0.4, -0.2) is 64.6 Å². The molecule has 0 bridgehead atoms. The first-order chi connectivity index (χ1) is 17.6. The van der Waals surface area contributed by atoms with Crippen molar-refractivity contribution in [3.05, 3.63) is 89.5 Å². The Morgan fingerprint density at radius 2 is 1.46 bits per heavy atom. The normalized spacial score (nSPS) is 14.9. The molecule has 0 saturated carbocycles. The minimum absolute atomic E-state index is 0.104. The van der Waals surface area contributed by atoms with Crippen molar-refractivity contribution in [1.29, 1.82) is 0 Å². The average Bonchev–Trinajstić information content (AvgIpc) is 2.91. The second-order valence-electron chi connectivity index (χ2n) is 8.64. The molecule has 10 heteroatoms. The number of hydrogen-bond acceptors (Lipinski definition) is 5. The first-order valence-corrected chi connectivity index (χ1v) is 11.7. The molecule has 194 valence electrons. The van der Waals surface area contributed by atoms with Crippen molar-refractivity contribution in [3.8, 4) is 16.9 Å². The van der Waals surface area contributed by atoms with Crippen LogP contribution in [0.2, 0.25) is 0 Å². The molecular weight excluding hydrogens is 487 g/mol. The van der Waals surface area contributed by atoms with Crippen molar-refractivity contribution < 1.29 is 33.0 Å². The zero-order valence-electron chi connectivity index (χ0n) is 19.8. The van der Waals surface area contributed by atoms with Gasteiger partial charge in [-0.2, -0.15) is 13.2 Å². The minimum Gasteiger partial charge on any atom is -0.507 e. The van der Waals surface area contributed by atoms with E-state index in [4.69, 9.17) is 0 Å². The molecule has 3 aromatic rings. The summed E-state index contributed by atoms with van der Waals surface area (Å²) in [5, 5.41) is 23.2. The van der Waals surface area contributed by atoms with Crippen molar-refractivity contribution in [1.82, 2.24) is 15.1 Å². The molecule has 1 aliphatic heterocycles. The molecule has 1 atom stereocenters. The second-order valence-corrected chi connectivity index (χ2v) is 8.64. The number of amides is 2. The Balaban J connectivity index is 1.29. The first kappa shape index (κ1) is 26.2. The summed E-state index contributed by atoms with van der Waals surface area (Å²) >= 11 is 0. The van der Waals surface area contributed by atoms with E-state index in [0.29, 0.717) is 11.1 Å². The lowest BCUT2D eigenvalue weighted by Crippen LogP contribution is -2.52. The Hall–Kier alpha value is -3.89. The predicted molar refractivity (Wildman–Crippen MR) is 130 cm³/mol. The second kappa shape index (κ2) is 11.0. The van der Waals surface area contributed by atoms with Gasteiger partial charge in [-0.25, -0.2) is 0 Å². The van der Waals surface area contributed by atoms with E-state index < -0.39 is 29.4 Å². The number of aromatic hydroxyl groups is 1. The average molecular weight is 514 g/mol. The fraction of sp³-hybridized carbons (Fsp3) is 0.259. The zero-order valence-corrected chi connectivity index (χ0v) is 19.8. The van der Waals surface area contributed by atoms with Crippen LogP contribution < -0.4 is 5.32 Å². The summed E-state index contributed by atoms with van der Waals surface area (Å²) in [4.78, 5) is 28.1. The Kier molecular flexibility index (Phi) is 7.80. The van der Waals surface area contributed by atoms with Crippen LogP contribution in [0.5, 0.6) is 5.75 Å². The van der Waals surface area contributed by atoms with Crippen molar-refractivity contribution in [2.45, 2.75) is 12.4 Å². The van der Waals surface area contributed by atoms with Gasteiger partial charge >= 0.3 is 6.18 Å². The summed E-state index contributed by atoms with van der Waals surface area (Å²) in [6.45, 7) is 0.394. The van der Waals surface area contributed by atoms with Gasteiger partial charge < -0.3 is 20.0 Å². The molecule has 7 nitrogen and oxygen atoms in total. The highest BCUT2D eigenvalue weighted by molar-refractivity contribution is 5.96. The summed E-state index contributed by atoms with van der Waals surface area (Å²) < 4.78 is 39.8. The zero-order chi connectivity index (χ0) is 26.6. The molecule has 0 aromatic heterocycles. The maximum atomic E-state index is 13.3. The van der Waals surface area contributed by atoms with Gasteiger partial charge in [-0.05, 0) is 29.3 Å². The van der Waals surface area contributed by atoms with Crippen LogP contribution >= 0.6 is 0 Å². The van der Waals surface area contributed by atoms with Crippen molar-refractivity contribution >= 4 is 11.8 Å². The Bertz CT molecular complexity index is 1260. The Morgan fingerprint density at radius 1 is 0.865 bits per heavy atom. The molecule has 1 aliphatic rings. The summed E-state index contributed by atoms with van der Waals surface area (Å²) in [6, 6.07) is 18.4. The van der Waals surface area contributed by atoms with Crippen LogP contribution in [0.25, 0.3) is 11.1 Å². The van der Waals surface area contributed by atoms with Crippen molar-refractivity contribution in [3.63, 3.8) is 0 Å². The molecule has 1 unspecified atom stereocenters. The summed E-state index contributed by atoms with van der Waals surface area (Å²) in [5.41, 5.74) is 0.575. The summed E-state index contributed by atoms with van der Waals surface area (Å²) in [7, 11) is 0. The number of rotatable bonds is 6. The number of benzene rings is 3. The van der Waals surface area contributed by atoms with E-state index in [1.54, 1.807) is 42.5 Å². The lowest BCUT2D eigenvalue weighted by atomic mass is 10.0. The van der Waals surface area contributed by atoms with Gasteiger partial charge in [0.15, 0.2) is 0 Å². The Morgan fingerprint density at radius 3 is 2.11 bits per heavy atom. The van der Waals surface area contributed by atoms with Gasteiger partial charge in [0, 0.05) is 31.7 Å². The molecule has 0 spiro atoms. The van der Waals surface area contributed by atoms with E-state index in [9.17, 15) is 33.0 Å². The van der Waals surface area contributed by atoms with E-state index >= 15 is 0 Å². The number of nitrogens with zero attached hydrogens (tertiary/aromatic N) is 2. The van der Waals surface area contributed by atoms with Crippen LogP contribution in [0, 0.1) is 0 Å². The molecule has 0 radical (unpaired) electrons. The third kappa shape index (κ3) is 6.10. The maximum absolute atomic E-state index is 13.3. The number of halogens is 3. The van der Waals surface area contributed by atoms with Crippen LogP contribution in [-0.2, 0) is 11.0 Å². The first-order valence-electron chi connectivity index (χ1n) is 11.7.